The van der Waals surface area contributed by atoms with Crippen LogP contribution in [-0.2, 0) is 0 Å². The Morgan fingerprint density at radius 3 is 2.68 bits per heavy atom. The van der Waals surface area contributed by atoms with E-state index in [1.54, 1.807) is 18.3 Å². The first-order valence-electron chi connectivity index (χ1n) is 5.80. The molecule has 4 nitrogen and oxygen atoms in total. The molecule has 0 saturated heterocycles. The summed E-state index contributed by atoms with van der Waals surface area (Å²) >= 11 is 3.14. The number of carbonyl (C=O) groups excluding carboxylic acids is 1. The number of rotatable bonds is 4. The number of benzene rings is 1. The maximum Gasteiger partial charge on any atom is 0.307 e. The van der Waals surface area contributed by atoms with Crippen LogP contribution >= 0.6 is 15.9 Å². The molecule has 0 aliphatic carbocycles. The Kier molecular flexibility index (Phi) is 4.52. The maximum atomic E-state index is 11.6. The van der Waals surface area contributed by atoms with Gasteiger partial charge in [-0.1, -0.05) is 37.3 Å². The van der Waals surface area contributed by atoms with Crippen molar-refractivity contribution < 1.29 is 9.21 Å². The Morgan fingerprint density at radius 1 is 1.32 bits per heavy atom. The molecule has 0 aliphatic heterocycles. The van der Waals surface area contributed by atoms with E-state index in [-0.39, 0.29) is 17.6 Å². The quantitative estimate of drug-likeness (QED) is 0.691. The molecule has 2 aromatic rings. The van der Waals surface area contributed by atoms with Crippen LogP contribution in [0.5, 0.6) is 0 Å². The van der Waals surface area contributed by atoms with E-state index in [9.17, 15) is 4.79 Å². The summed E-state index contributed by atoms with van der Waals surface area (Å²) in [6, 6.07) is 13.2. The lowest BCUT2D eigenvalue weighted by Gasteiger charge is -2.04. The van der Waals surface area contributed by atoms with Gasteiger partial charge in [-0.3, -0.25) is 4.79 Å². The van der Waals surface area contributed by atoms with Crippen molar-refractivity contribution in [2.75, 3.05) is 0 Å². The Hall–Kier alpha value is -1.88. The van der Waals surface area contributed by atoms with E-state index in [0.717, 1.165) is 5.56 Å². The Labute approximate surface area is 119 Å². The molecule has 1 atom stereocenters. The van der Waals surface area contributed by atoms with Crippen LogP contribution in [0.3, 0.4) is 0 Å². The summed E-state index contributed by atoms with van der Waals surface area (Å²) in [5.41, 5.74) is 3.57. The molecule has 1 aromatic carbocycles. The topological polar surface area (TPSA) is 54.6 Å². The summed E-state index contributed by atoms with van der Waals surface area (Å²) in [6.07, 6.45) is 1.69. The van der Waals surface area contributed by atoms with Gasteiger partial charge in [-0.25, -0.2) is 5.43 Å². The minimum atomic E-state index is -0.373. The number of carbonyl (C=O) groups is 1. The number of halogens is 1. The second-order valence-corrected chi connectivity index (χ2v) is 4.80. The third-order valence-electron chi connectivity index (χ3n) is 2.59. The van der Waals surface area contributed by atoms with Gasteiger partial charge in [0.2, 0.25) is 0 Å². The molecule has 0 fully saturated rings. The smallest absolute Gasteiger partial charge is 0.307 e. The van der Waals surface area contributed by atoms with Crippen LogP contribution in [0.15, 0.2) is 56.7 Å². The van der Waals surface area contributed by atoms with Crippen LogP contribution in [-0.4, -0.2) is 12.1 Å². The van der Waals surface area contributed by atoms with Crippen molar-refractivity contribution in [3.63, 3.8) is 0 Å². The van der Waals surface area contributed by atoms with E-state index in [4.69, 9.17) is 4.42 Å². The minimum absolute atomic E-state index is 0.129. The number of amides is 1. The molecule has 1 aromatic heterocycles. The zero-order valence-corrected chi connectivity index (χ0v) is 11.9. The largest absolute Gasteiger partial charge is 0.444 e. The number of hydrazone groups is 1. The molecule has 19 heavy (non-hydrogen) atoms. The fourth-order valence-corrected chi connectivity index (χ4v) is 1.85. The third-order valence-corrected chi connectivity index (χ3v) is 3.01. The number of furan rings is 1. The van der Waals surface area contributed by atoms with Crippen molar-refractivity contribution in [1.82, 2.24) is 5.43 Å². The molecular formula is C14H13BrN2O2. The van der Waals surface area contributed by atoms with Gasteiger partial charge < -0.3 is 4.42 Å². The molecule has 98 valence electrons. The molecule has 0 radical (unpaired) electrons. The lowest BCUT2D eigenvalue weighted by Crippen LogP contribution is -2.17. The number of nitrogens with one attached hydrogen (secondary N) is 1. The highest BCUT2D eigenvalue weighted by Crippen LogP contribution is 2.14. The monoisotopic (exact) mass is 320 g/mol. The predicted molar refractivity (Wildman–Crippen MR) is 77.2 cm³/mol. The average molecular weight is 321 g/mol. The van der Waals surface area contributed by atoms with Gasteiger partial charge in [0, 0.05) is 12.1 Å². The standard InChI is InChI=1S/C14H13BrN2O2/c1-10(11-5-3-2-4-6-11)9-16-17-14(18)12-7-8-13(15)19-12/h2-10H,1H3,(H,17,18). The van der Waals surface area contributed by atoms with Gasteiger partial charge in [0.1, 0.15) is 0 Å². The van der Waals surface area contributed by atoms with Crippen molar-refractivity contribution in [2.24, 2.45) is 5.10 Å². The second-order valence-electron chi connectivity index (χ2n) is 4.02. The molecule has 1 heterocycles. The van der Waals surface area contributed by atoms with Gasteiger partial charge >= 0.3 is 5.91 Å². The molecule has 1 amide bonds. The summed E-state index contributed by atoms with van der Waals surface area (Å²) < 4.78 is 5.63. The van der Waals surface area contributed by atoms with Gasteiger partial charge in [-0.05, 0) is 33.6 Å². The normalized spacial score (nSPS) is 12.5. The molecule has 0 aliphatic rings. The second kappa shape index (κ2) is 6.33. The highest BCUT2D eigenvalue weighted by molar-refractivity contribution is 9.10. The zero-order valence-electron chi connectivity index (χ0n) is 10.3. The van der Waals surface area contributed by atoms with Crippen LogP contribution in [0.4, 0.5) is 0 Å². The molecule has 2 rings (SSSR count). The summed E-state index contributed by atoms with van der Waals surface area (Å²) in [4.78, 5) is 11.6. The Morgan fingerprint density at radius 2 is 2.05 bits per heavy atom. The van der Waals surface area contributed by atoms with E-state index in [1.807, 2.05) is 37.3 Å². The van der Waals surface area contributed by atoms with Crippen LogP contribution in [0.2, 0.25) is 0 Å². The summed E-state index contributed by atoms with van der Waals surface area (Å²) in [5, 5.41) is 3.93. The summed E-state index contributed by atoms with van der Waals surface area (Å²) in [5.74, 6) is -0.0246. The van der Waals surface area contributed by atoms with Crippen molar-refractivity contribution >= 4 is 28.1 Å². The highest BCUT2D eigenvalue weighted by atomic mass is 79.9. The van der Waals surface area contributed by atoms with Gasteiger partial charge in [0.05, 0.1) is 0 Å². The fourth-order valence-electron chi connectivity index (χ4n) is 1.54. The summed E-state index contributed by atoms with van der Waals surface area (Å²) in [7, 11) is 0. The maximum absolute atomic E-state index is 11.6. The van der Waals surface area contributed by atoms with Gasteiger partial charge in [0.25, 0.3) is 0 Å². The lowest BCUT2D eigenvalue weighted by molar-refractivity contribution is 0.0926. The molecule has 0 saturated carbocycles. The average Bonchev–Trinajstić information content (AvgIpc) is 2.86. The van der Waals surface area contributed by atoms with Gasteiger partial charge in [-0.15, -0.1) is 0 Å². The van der Waals surface area contributed by atoms with E-state index in [2.05, 4.69) is 26.5 Å². The molecule has 5 heteroatoms. The first kappa shape index (κ1) is 13.5. The van der Waals surface area contributed by atoms with Crippen molar-refractivity contribution in [1.29, 1.82) is 0 Å². The first-order valence-corrected chi connectivity index (χ1v) is 6.60. The molecule has 0 bridgehead atoms. The third kappa shape index (κ3) is 3.79. The first-order chi connectivity index (χ1) is 9.16. The number of hydrogen-bond donors (Lipinski definition) is 1. The van der Waals surface area contributed by atoms with Gasteiger partial charge in [-0.2, -0.15) is 5.10 Å². The Balaban J connectivity index is 1.92. The Bertz CT molecular complexity index is 578. The van der Waals surface area contributed by atoms with E-state index < -0.39 is 0 Å². The van der Waals surface area contributed by atoms with E-state index in [0.29, 0.717) is 4.67 Å². The van der Waals surface area contributed by atoms with Gasteiger partial charge in [0.15, 0.2) is 10.4 Å². The highest BCUT2D eigenvalue weighted by Gasteiger charge is 2.09. The molecular weight excluding hydrogens is 308 g/mol. The predicted octanol–water partition coefficient (Wildman–Crippen LogP) is 3.56. The van der Waals surface area contributed by atoms with Crippen molar-refractivity contribution in [3.8, 4) is 0 Å². The fraction of sp³-hybridized carbons (Fsp3) is 0.143. The van der Waals surface area contributed by atoms with Crippen LogP contribution in [0.25, 0.3) is 0 Å². The van der Waals surface area contributed by atoms with E-state index in [1.165, 1.54) is 0 Å². The summed E-state index contributed by atoms with van der Waals surface area (Å²) in [6.45, 7) is 2.01. The number of hydrogen-bond acceptors (Lipinski definition) is 3. The zero-order chi connectivity index (χ0) is 13.7. The number of nitrogens with zero attached hydrogens (tertiary/aromatic N) is 1. The van der Waals surface area contributed by atoms with Crippen LogP contribution in [0.1, 0.15) is 29.0 Å². The van der Waals surface area contributed by atoms with Crippen LogP contribution in [0, 0.1) is 0 Å². The van der Waals surface area contributed by atoms with Crippen LogP contribution < -0.4 is 5.43 Å². The molecule has 0 spiro atoms. The van der Waals surface area contributed by atoms with Crippen molar-refractivity contribution in [2.45, 2.75) is 12.8 Å². The molecule has 1 unspecified atom stereocenters. The lowest BCUT2D eigenvalue weighted by atomic mass is 10.0. The minimum Gasteiger partial charge on any atom is -0.444 e. The van der Waals surface area contributed by atoms with E-state index >= 15 is 0 Å². The van der Waals surface area contributed by atoms with Crippen molar-refractivity contribution in [3.05, 3.63) is 58.5 Å². The SMILES string of the molecule is CC(C=NNC(=O)c1ccc(Br)o1)c1ccccc1. The molecule has 1 N–H and O–H groups in total.